The molecule has 0 saturated carbocycles. The summed E-state index contributed by atoms with van der Waals surface area (Å²) in [6.07, 6.45) is -0.583. The SMILES string of the molecule is N=Cc1c(N)cc(C(F)(F)F)cc1-c1ccncc1. The van der Waals surface area contributed by atoms with Gasteiger partial charge in [-0.15, -0.1) is 0 Å². The number of hydrogen-bond acceptors (Lipinski definition) is 3. The van der Waals surface area contributed by atoms with Gasteiger partial charge >= 0.3 is 6.18 Å². The van der Waals surface area contributed by atoms with Crippen LogP contribution in [0.2, 0.25) is 0 Å². The molecule has 3 N–H and O–H groups in total. The summed E-state index contributed by atoms with van der Waals surface area (Å²) in [6, 6.07) is 4.97. The van der Waals surface area contributed by atoms with E-state index in [0.717, 1.165) is 18.3 Å². The minimum absolute atomic E-state index is 0.0726. The molecular weight excluding hydrogens is 255 g/mol. The number of pyridine rings is 1. The first kappa shape index (κ1) is 13.1. The summed E-state index contributed by atoms with van der Waals surface area (Å²) < 4.78 is 38.3. The normalized spacial score (nSPS) is 11.3. The lowest BCUT2D eigenvalue weighted by molar-refractivity contribution is -0.137. The topological polar surface area (TPSA) is 62.8 Å². The van der Waals surface area contributed by atoms with Crippen molar-refractivity contribution in [2.24, 2.45) is 0 Å². The van der Waals surface area contributed by atoms with Crippen molar-refractivity contribution >= 4 is 11.9 Å². The lowest BCUT2D eigenvalue weighted by Gasteiger charge is -2.14. The van der Waals surface area contributed by atoms with Crippen molar-refractivity contribution in [3.8, 4) is 11.1 Å². The van der Waals surface area contributed by atoms with Crippen molar-refractivity contribution in [2.45, 2.75) is 6.18 Å². The Labute approximate surface area is 107 Å². The van der Waals surface area contributed by atoms with Crippen molar-refractivity contribution in [1.29, 1.82) is 5.41 Å². The van der Waals surface area contributed by atoms with Gasteiger partial charge in [0.25, 0.3) is 0 Å². The number of halogens is 3. The van der Waals surface area contributed by atoms with Crippen LogP contribution in [0.15, 0.2) is 36.7 Å². The number of benzene rings is 1. The molecule has 3 nitrogen and oxygen atoms in total. The number of nitrogens with one attached hydrogen (secondary N) is 1. The summed E-state index contributed by atoms with van der Waals surface area (Å²) in [7, 11) is 0. The molecule has 0 aliphatic carbocycles. The number of alkyl halides is 3. The van der Waals surface area contributed by atoms with Crippen LogP contribution < -0.4 is 5.73 Å². The van der Waals surface area contributed by atoms with Gasteiger partial charge in [0.1, 0.15) is 0 Å². The third-order valence-electron chi connectivity index (χ3n) is 2.68. The zero-order valence-electron chi connectivity index (χ0n) is 9.70. The first-order valence-corrected chi connectivity index (χ1v) is 5.35. The molecule has 2 aromatic rings. The predicted octanol–water partition coefficient (Wildman–Crippen LogP) is 3.35. The van der Waals surface area contributed by atoms with E-state index in [1.807, 2.05) is 0 Å². The number of hydrogen-bond donors (Lipinski definition) is 2. The molecule has 0 atom stereocenters. The van der Waals surface area contributed by atoms with Crippen LogP contribution in [0, 0.1) is 5.41 Å². The second-order valence-corrected chi connectivity index (χ2v) is 3.90. The van der Waals surface area contributed by atoms with Crippen molar-refractivity contribution in [3.05, 3.63) is 47.8 Å². The Morgan fingerprint density at radius 2 is 1.79 bits per heavy atom. The Morgan fingerprint density at radius 1 is 1.16 bits per heavy atom. The predicted molar refractivity (Wildman–Crippen MR) is 67.0 cm³/mol. The molecule has 0 aliphatic heterocycles. The van der Waals surface area contributed by atoms with Crippen LogP contribution in [-0.4, -0.2) is 11.2 Å². The van der Waals surface area contributed by atoms with E-state index in [-0.39, 0.29) is 16.8 Å². The third-order valence-corrected chi connectivity index (χ3v) is 2.68. The van der Waals surface area contributed by atoms with E-state index in [0.29, 0.717) is 5.56 Å². The van der Waals surface area contributed by atoms with E-state index in [1.54, 1.807) is 12.1 Å². The smallest absolute Gasteiger partial charge is 0.398 e. The summed E-state index contributed by atoms with van der Waals surface area (Å²) in [4.78, 5) is 3.81. The zero-order valence-corrected chi connectivity index (χ0v) is 9.70. The van der Waals surface area contributed by atoms with Gasteiger partial charge in [-0.05, 0) is 35.4 Å². The van der Waals surface area contributed by atoms with E-state index >= 15 is 0 Å². The maximum absolute atomic E-state index is 12.8. The fourth-order valence-electron chi connectivity index (χ4n) is 1.77. The van der Waals surface area contributed by atoms with E-state index in [9.17, 15) is 13.2 Å². The number of nitrogens with two attached hydrogens (primary N) is 1. The summed E-state index contributed by atoms with van der Waals surface area (Å²) in [5.41, 5.74) is 5.76. The monoisotopic (exact) mass is 265 g/mol. The quantitative estimate of drug-likeness (QED) is 0.646. The van der Waals surface area contributed by atoms with Gasteiger partial charge in [0.15, 0.2) is 0 Å². The molecule has 19 heavy (non-hydrogen) atoms. The van der Waals surface area contributed by atoms with E-state index in [2.05, 4.69) is 4.98 Å². The molecule has 98 valence electrons. The van der Waals surface area contributed by atoms with Crippen LogP contribution >= 0.6 is 0 Å². The van der Waals surface area contributed by atoms with Gasteiger partial charge in [-0.25, -0.2) is 0 Å². The van der Waals surface area contributed by atoms with Gasteiger partial charge < -0.3 is 11.1 Å². The molecule has 0 amide bonds. The third kappa shape index (κ3) is 2.57. The highest BCUT2D eigenvalue weighted by atomic mass is 19.4. The first-order chi connectivity index (χ1) is 8.93. The van der Waals surface area contributed by atoms with Gasteiger partial charge in [-0.2, -0.15) is 13.2 Å². The van der Waals surface area contributed by atoms with Crippen LogP contribution in [-0.2, 0) is 6.18 Å². The molecule has 6 heteroatoms. The average Bonchev–Trinajstić information content (AvgIpc) is 2.37. The molecule has 1 aromatic carbocycles. The average molecular weight is 265 g/mol. The van der Waals surface area contributed by atoms with Crippen LogP contribution in [0.25, 0.3) is 11.1 Å². The van der Waals surface area contributed by atoms with Gasteiger partial charge in [-0.1, -0.05) is 0 Å². The zero-order chi connectivity index (χ0) is 14.0. The van der Waals surface area contributed by atoms with E-state index in [1.165, 1.54) is 12.4 Å². The van der Waals surface area contributed by atoms with Crippen LogP contribution in [0.3, 0.4) is 0 Å². The van der Waals surface area contributed by atoms with Gasteiger partial charge in [0, 0.05) is 29.9 Å². The van der Waals surface area contributed by atoms with E-state index < -0.39 is 11.7 Å². The number of nitrogens with zero attached hydrogens (tertiary/aromatic N) is 1. The molecule has 0 spiro atoms. The number of nitrogen functional groups attached to an aromatic ring is 1. The molecule has 1 heterocycles. The molecular formula is C13H10F3N3. The van der Waals surface area contributed by atoms with E-state index in [4.69, 9.17) is 11.1 Å². The minimum atomic E-state index is -4.48. The van der Waals surface area contributed by atoms with Crippen LogP contribution in [0.4, 0.5) is 18.9 Å². The maximum Gasteiger partial charge on any atom is 0.416 e. The Hall–Kier alpha value is -2.37. The van der Waals surface area contributed by atoms with Crippen molar-refractivity contribution in [1.82, 2.24) is 4.98 Å². The van der Waals surface area contributed by atoms with Crippen molar-refractivity contribution in [3.63, 3.8) is 0 Å². The lowest BCUT2D eigenvalue weighted by Crippen LogP contribution is -2.08. The second kappa shape index (κ2) is 4.72. The minimum Gasteiger partial charge on any atom is -0.398 e. The number of aromatic nitrogens is 1. The molecule has 0 unspecified atom stereocenters. The summed E-state index contributed by atoms with van der Waals surface area (Å²) in [6.45, 7) is 0. The molecule has 0 saturated heterocycles. The molecule has 0 bridgehead atoms. The highest BCUT2D eigenvalue weighted by Crippen LogP contribution is 2.36. The van der Waals surface area contributed by atoms with Gasteiger partial charge in [0.2, 0.25) is 0 Å². The molecule has 1 aromatic heterocycles. The summed E-state index contributed by atoms with van der Waals surface area (Å²) in [5.74, 6) is 0. The van der Waals surface area contributed by atoms with Gasteiger partial charge in [-0.3, -0.25) is 4.98 Å². The first-order valence-electron chi connectivity index (χ1n) is 5.35. The van der Waals surface area contributed by atoms with Crippen LogP contribution in [0.5, 0.6) is 0 Å². The second-order valence-electron chi connectivity index (χ2n) is 3.90. The highest BCUT2D eigenvalue weighted by Gasteiger charge is 2.31. The Bertz CT molecular complexity index is 607. The largest absolute Gasteiger partial charge is 0.416 e. The maximum atomic E-state index is 12.8. The van der Waals surface area contributed by atoms with Crippen LogP contribution in [0.1, 0.15) is 11.1 Å². The molecule has 2 rings (SSSR count). The fraction of sp³-hybridized carbons (Fsp3) is 0.0769. The number of anilines is 1. The molecule has 0 aliphatic rings. The molecule has 0 radical (unpaired) electrons. The summed E-state index contributed by atoms with van der Waals surface area (Å²) >= 11 is 0. The Kier molecular flexibility index (Phi) is 3.25. The Morgan fingerprint density at radius 3 is 2.32 bits per heavy atom. The van der Waals surface area contributed by atoms with Crippen molar-refractivity contribution < 1.29 is 13.2 Å². The van der Waals surface area contributed by atoms with Crippen molar-refractivity contribution in [2.75, 3.05) is 5.73 Å². The fourth-order valence-corrected chi connectivity index (χ4v) is 1.77. The highest BCUT2D eigenvalue weighted by molar-refractivity contribution is 5.95. The number of rotatable bonds is 2. The summed E-state index contributed by atoms with van der Waals surface area (Å²) in [5, 5.41) is 7.30. The standard InChI is InChI=1S/C13H10F3N3/c14-13(15,16)9-5-10(8-1-3-19-4-2-8)11(7-17)12(18)6-9/h1-7,17H,18H2. The Balaban J connectivity index is 2.71. The molecule has 0 fully saturated rings. The lowest BCUT2D eigenvalue weighted by atomic mass is 9.96. The van der Waals surface area contributed by atoms with Gasteiger partial charge in [0.05, 0.1) is 5.56 Å².